The van der Waals surface area contributed by atoms with E-state index in [2.05, 4.69) is 5.32 Å². The Balaban J connectivity index is 2.14. The van der Waals surface area contributed by atoms with Crippen LogP contribution in [0.3, 0.4) is 0 Å². The molecule has 5 nitrogen and oxygen atoms in total. The fourth-order valence-corrected chi connectivity index (χ4v) is 2.22. The SMILES string of the molecule is CCOC(=O)CCCNCc1cc(C(=O)O)cs1. The summed E-state index contributed by atoms with van der Waals surface area (Å²) in [5.41, 5.74) is 0.323. The molecule has 0 aliphatic heterocycles. The molecule has 0 atom stereocenters. The second kappa shape index (κ2) is 7.84. The highest BCUT2D eigenvalue weighted by Crippen LogP contribution is 2.14. The molecule has 100 valence electrons. The van der Waals surface area contributed by atoms with Crippen LogP contribution in [0.2, 0.25) is 0 Å². The molecule has 0 bridgehead atoms. The molecule has 0 saturated carbocycles. The summed E-state index contributed by atoms with van der Waals surface area (Å²) in [4.78, 5) is 22.7. The molecule has 0 aromatic carbocycles. The zero-order valence-electron chi connectivity index (χ0n) is 10.3. The van der Waals surface area contributed by atoms with Gasteiger partial charge in [-0.25, -0.2) is 4.79 Å². The quantitative estimate of drug-likeness (QED) is 0.557. The van der Waals surface area contributed by atoms with Crippen molar-refractivity contribution in [1.29, 1.82) is 0 Å². The van der Waals surface area contributed by atoms with Gasteiger partial charge in [0.15, 0.2) is 0 Å². The Labute approximate surface area is 110 Å². The lowest BCUT2D eigenvalue weighted by Gasteiger charge is -2.03. The maximum absolute atomic E-state index is 11.0. The number of carbonyl (C=O) groups is 2. The number of thiophene rings is 1. The van der Waals surface area contributed by atoms with Gasteiger partial charge < -0.3 is 15.2 Å². The van der Waals surface area contributed by atoms with Crippen molar-refractivity contribution in [3.05, 3.63) is 21.9 Å². The summed E-state index contributed by atoms with van der Waals surface area (Å²) >= 11 is 1.42. The standard InChI is InChI=1S/C12H17NO4S/c1-2-17-11(14)4-3-5-13-7-10-6-9(8-18-10)12(15)16/h6,8,13H,2-5,7H2,1H3,(H,15,16). The zero-order valence-corrected chi connectivity index (χ0v) is 11.1. The molecular weight excluding hydrogens is 254 g/mol. The number of ether oxygens (including phenoxy) is 1. The predicted molar refractivity (Wildman–Crippen MR) is 68.9 cm³/mol. The lowest BCUT2D eigenvalue weighted by atomic mass is 10.3. The van der Waals surface area contributed by atoms with Gasteiger partial charge >= 0.3 is 11.9 Å². The first-order chi connectivity index (χ1) is 8.63. The summed E-state index contributed by atoms with van der Waals surface area (Å²) in [7, 11) is 0. The molecule has 0 amide bonds. The second-order valence-electron chi connectivity index (χ2n) is 3.69. The molecule has 18 heavy (non-hydrogen) atoms. The molecule has 0 saturated heterocycles. The minimum atomic E-state index is -0.903. The smallest absolute Gasteiger partial charge is 0.336 e. The van der Waals surface area contributed by atoms with Crippen molar-refractivity contribution in [2.24, 2.45) is 0 Å². The molecule has 2 N–H and O–H groups in total. The molecule has 0 aliphatic carbocycles. The van der Waals surface area contributed by atoms with E-state index in [1.807, 2.05) is 0 Å². The van der Waals surface area contributed by atoms with Crippen LogP contribution in [0.1, 0.15) is 35.0 Å². The molecule has 0 spiro atoms. The monoisotopic (exact) mass is 271 g/mol. The van der Waals surface area contributed by atoms with E-state index in [9.17, 15) is 9.59 Å². The first kappa shape index (κ1) is 14.7. The van der Waals surface area contributed by atoms with Gasteiger partial charge in [0.1, 0.15) is 0 Å². The van der Waals surface area contributed by atoms with Crippen LogP contribution >= 0.6 is 11.3 Å². The van der Waals surface area contributed by atoms with E-state index in [1.165, 1.54) is 11.3 Å². The van der Waals surface area contributed by atoms with Gasteiger partial charge in [0, 0.05) is 23.2 Å². The minimum Gasteiger partial charge on any atom is -0.478 e. The van der Waals surface area contributed by atoms with Gasteiger partial charge in [-0.05, 0) is 26.0 Å². The molecule has 1 aromatic heterocycles. The van der Waals surface area contributed by atoms with Crippen LogP contribution in [0, 0.1) is 0 Å². The van der Waals surface area contributed by atoms with Crippen molar-refractivity contribution in [3.63, 3.8) is 0 Å². The summed E-state index contributed by atoms with van der Waals surface area (Å²) in [5, 5.41) is 13.5. The number of carboxylic acid groups (broad SMARTS) is 1. The molecule has 1 heterocycles. The van der Waals surface area contributed by atoms with Gasteiger partial charge in [-0.3, -0.25) is 4.79 Å². The molecule has 1 aromatic rings. The van der Waals surface area contributed by atoms with Crippen LogP contribution in [-0.4, -0.2) is 30.2 Å². The highest BCUT2D eigenvalue weighted by Gasteiger charge is 2.06. The Morgan fingerprint density at radius 2 is 2.28 bits per heavy atom. The second-order valence-corrected chi connectivity index (χ2v) is 4.69. The van der Waals surface area contributed by atoms with Gasteiger partial charge in [-0.1, -0.05) is 0 Å². The van der Waals surface area contributed by atoms with Gasteiger partial charge in [-0.15, -0.1) is 11.3 Å². The third-order valence-electron chi connectivity index (χ3n) is 2.24. The first-order valence-electron chi connectivity index (χ1n) is 5.80. The Kier molecular flexibility index (Phi) is 6.38. The summed E-state index contributed by atoms with van der Waals surface area (Å²) < 4.78 is 4.81. The van der Waals surface area contributed by atoms with Crippen LogP contribution in [0.25, 0.3) is 0 Å². The number of nitrogens with one attached hydrogen (secondary N) is 1. The van der Waals surface area contributed by atoms with Crippen LogP contribution in [0.5, 0.6) is 0 Å². The Bertz CT molecular complexity index is 403. The van der Waals surface area contributed by atoms with Gasteiger partial charge in [0.25, 0.3) is 0 Å². The van der Waals surface area contributed by atoms with E-state index in [-0.39, 0.29) is 5.97 Å². The predicted octanol–water partition coefficient (Wildman–Crippen LogP) is 1.88. The van der Waals surface area contributed by atoms with Crippen LogP contribution in [0.4, 0.5) is 0 Å². The number of hydrogen-bond acceptors (Lipinski definition) is 5. The fraction of sp³-hybridized carbons (Fsp3) is 0.500. The van der Waals surface area contributed by atoms with Crippen LogP contribution in [-0.2, 0) is 16.1 Å². The van der Waals surface area contributed by atoms with E-state index >= 15 is 0 Å². The van der Waals surface area contributed by atoms with Gasteiger partial charge in [0.2, 0.25) is 0 Å². The summed E-state index contributed by atoms with van der Waals surface area (Å²) in [6.07, 6.45) is 1.13. The van der Waals surface area contributed by atoms with Gasteiger partial charge in [0.05, 0.1) is 12.2 Å². The molecule has 6 heteroatoms. The van der Waals surface area contributed by atoms with Crippen molar-refractivity contribution >= 4 is 23.3 Å². The van der Waals surface area contributed by atoms with E-state index in [1.54, 1.807) is 18.4 Å². The highest BCUT2D eigenvalue weighted by molar-refractivity contribution is 7.10. The topological polar surface area (TPSA) is 75.6 Å². The number of esters is 1. The maximum atomic E-state index is 11.0. The lowest BCUT2D eigenvalue weighted by molar-refractivity contribution is -0.143. The maximum Gasteiger partial charge on any atom is 0.336 e. The number of rotatable bonds is 8. The van der Waals surface area contributed by atoms with Crippen molar-refractivity contribution in [2.45, 2.75) is 26.3 Å². The molecular formula is C12H17NO4S. The molecule has 1 rings (SSSR count). The Morgan fingerprint density at radius 1 is 1.50 bits per heavy atom. The molecule has 0 radical (unpaired) electrons. The number of carboxylic acids is 1. The summed E-state index contributed by atoms with van der Waals surface area (Å²) in [6.45, 7) is 3.53. The van der Waals surface area contributed by atoms with Crippen LogP contribution in [0.15, 0.2) is 11.4 Å². The summed E-state index contributed by atoms with van der Waals surface area (Å²) in [6, 6.07) is 1.66. The largest absolute Gasteiger partial charge is 0.478 e. The Hall–Kier alpha value is -1.40. The number of aromatic carboxylic acids is 1. The minimum absolute atomic E-state index is 0.177. The molecule has 0 unspecified atom stereocenters. The van der Waals surface area contributed by atoms with Crippen molar-refractivity contribution in [2.75, 3.05) is 13.2 Å². The number of carbonyl (C=O) groups excluding carboxylic acids is 1. The fourth-order valence-electron chi connectivity index (χ4n) is 1.39. The van der Waals surface area contributed by atoms with E-state index in [4.69, 9.17) is 9.84 Å². The van der Waals surface area contributed by atoms with E-state index in [0.717, 1.165) is 11.3 Å². The molecule has 0 fully saturated rings. The average Bonchev–Trinajstić information content (AvgIpc) is 2.78. The van der Waals surface area contributed by atoms with Crippen LogP contribution < -0.4 is 5.32 Å². The third-order valence-corrected chi connectivity index (χ3v) is 3.18. The highest BCUT2D eigenvalue weighted by atomic mass is 32.1. The van der Waals surface area contributed by atoms with Crippen molar-refractivity contribution < 1.29 is 19.4 Å². The Morgan fingerprint density at radius 3 is 2.89 bits per heavy atom. The van der Waals surface area contributed by atoms with Gasteiger partial charge in [-0.2, -0.15) is 0 Å². The number of hydrogen-bond donors (Lipinski definition) is 2. The van der Waals surface area contributed by atoms with E-state index in [0.29, 0.717) is 31.7 Å². The summed E-state index contributed by atoms with van der Waals surface area (Å²) in [5.74, 6) is -1.08. The van der Waals surface area contributed by atoms with Crippen molar-refractivity contribution in [3.8, 4) is 0 Å². The third kappa shape index (κ3) is 5.29. The van der Waals surface area contributed by atoms with Crippen molar-refractivity contribution in [1.82, 2.24) is 5.32 Å². The first-order valence-corrected chi connectivity index (χ1v) is 6.68. The lowest BCUT2D eigenvalue weighted by Crippen LogP contribution is -2.15. The zero-order chi connectivity index (χ0) is 13.4. The normalized spacial score (nSPS) is 10.3. The average molecular weight is 271 g/mol. The molecule has 0 aliphatic rings. The van der Waals surface area contributed by atoms with E-state index < -0.39 is 5.97 Å².